The van der Waals surface area contributed by atoms with Gasteiger partial charge < -0.3 is 16.0 Å². The summed E-state index contributed by atoms with van der Waals surface area (Å²) >= 11 is 0. The zero-order valence-corrected chi connectivity index (χ0v) is 23.9. The van der Waals surface area contributed by atoms with Crippen LogP contribution in [0.4, 0.5) is 5.69 Å². The fraction of sp³-hybridized carbons (Fsp3) is 0.412. The molecule has 1 aliphatic heterocycles. The predicted molar refractivity (Wildman–Crippen MR) is 158 cm³/mol. The fourth-order valence-electron chi connectivity index (χ4n) is 6.82. The van der Waals surface area contributed by atoms with E-state index in [1.54, 1.807) is 6.92 Å². The minimum absolute atomic E-state index is 0.0238. The Kier molecular flexibility index (Phi) is 7.64. The van der Waals surface area contributed by atoms with E-state index in [1.165, 1.54) is 33.4 Å². The van der Waals surface area contributed by atoms with E-state index in [2.05, 4.69) is 87.6 Å². The number of anilines is 1. The van der Waals surface area contributed by atoms with Crippen molar-refractivity contribution in [1.82, 2.24) is 5.32 Å². The highest BCUT2D eigenvalue weighted by Gasteiger charge is 2.32. The molecule has 204 valence electrons. The third-order valence-corrected chi connectivity index (χ3v) is 8.93. The second kappa shape index (κ2) is 11.0. The van der Waals surface area contributed by atoms with E-state index in [1.807, 2.05) is 4.90 Å². The zero-order valence-electron chi connectivity index (χ0n) is 23.9. The SMILES string of the molecule is CC(=O)N1CC[C@@H](NC(=O)[C@@H](N)Cc2c(C)cc(C)cc2C)c2cc(CC3Cc4ccccc4C3C)ccc21. The van der Waals surface area contributed by atoms with E-state index in [0.717, 1.165) is 29.7 Å². The van der Waals surface area contributed by atoms with Crippen molar-refractivity contribution in [3.63, 3.8) is 0 Å². The standard InChI is InChI=1S/C34H41N3O2/c1-20-14-21(2)29(22(3)15-20)19-31(35)34(39)36-32-12-13-37(24(5)38)33-11-10-25(17-30(32)33)16-27-18-26-8-6-7-9-28(26)23(27)4/h6-11,14-15,17,23,27,31-32H,12-13,16,18-19,35H2,1-5H3,(H,36,39)/t23?,27?,31-,32+/m0/s1. The van der Waals surface area contributed by atoms with Crippen LogP contribution in [0.5, 0.6) is 0 Å². The Balaban J connectivity index is 1.35. The van der Waals surface area contributed by atoms with Crippen molar-refractivity contribution in [2.75, 3.05) is 11.4 Å². The van der Waals surface area contributed by atoms with Gasteiger partial charge in [0.25, 0.3) is 0 Å². The monoisotopic (exact) mass is 523 g/mol. The van der Waals surface area contributed by atoms with E-state index < -0.39 is 6.04 Å². The van der Waals surface area contributed by atoms with Crippen LogP contribution < -0.4 is 16.0 Å². The van der Waals surface area contributed by atoms with Crippen LogP contribution in [-0.4, -0.2) is 24.4 Å². The van der Waals surface area contributed by atoms with Crippen LogP contribution in [0.25, 0.3) is 0 Å². The van der Waals surface area contributed by atoms with Crippen LogP contribution in [0.15, 0.2) is 54.6 Å². The molecule has 0 bridgehead atoms. The molecule has 1 heterocycles. The molecule has 39 heavy (non-hydrogen) atoms. The van der Waals surface area contributed by atoms with Gasteiger partial charge >= 0.3 is 0 Å². The molecule has 0 spiro atoms. The summed E-state index contributed by atoms with van der Waals surface area (Å²) in [7, 11) is 0. The minimum atomic E-state index is -0.639. The number of hydrogen-bond acceptors (Lipinski definition) is 3. The van der Waals surface area contributed by atoms with Gasteiger partial charge in [-0.15, -0.1) is 0 Å². The van der Waals surface area contributed by atoms with E-state index >= 15 is 0 Å². The Morgan fingerprint density at radius 1 is 1.03 bits per heavy atom. The summed E-state index contributed by atoms with van der Waals surface area (Å²) in [4.78, 5) is 27.6. The van der Waals surface area contributed by atoms with Crippen LogP contribution >= 0.6 is 0 Å². The number of rotatable bonds is 6. The van der Waals surface area contributed by atoms with Gasteiger partial charge in [-0.25, -0.2) is 0 Å². The van der Waals surface area contributed by atoms with Crippen LogP contribution in [0, 0.1) is 26.7 Å². The Morgan fingerprint density at radius 3 is 2.44 bits per heavy atom. The Bertz CT molecular complexity index is 1390. The van der Waals surface area contributed by atoms with Crippen molar-refractivity contribution in [2.24, 2.45) is 11.7 Å². The molecular formula is C34H41N3O2. The van der Waals surface area contributed by atoms with Gasteiger partial charge in [-0.1, -0.05) is 61.0 Å². The zero-order chi connectivity index (χ0) is 27.8. The third-order valence-electron chi connectivity index (χ3n) is 8.93. The highest BCUT2D eigenvalue weighted by Crippen LogP contribution is 2.41. The van der Waals surface area contributed by atoms with Gasteiger partial charge in [0, 0.05) is 19.2 Å². The maximum Gasteiger partial charge on any atom is 0.237 e. The van der Waals surface area contributed by atoms with Gasteiger partial charge in [0.15, 0.2) is 0 Å². The summed E-state index contributed by atoms with van der Waals surface area (Å²) in [6.07, 6.45) is 3.22. The highest BCUT2D eigenvalue weighted by atomic mass is 16.2. The highest BCUT2D eigenvalue weighted by molar-refractivity contribution is 5.93. The lowest BCUT2D eigenvalue weighted by Crippen LogP contribution is -2.46. The molecular weight excluding hydrogens is 482 g/mol. The number of benzene rings is 3. The number of fused-ring (bicyclic) bond motifs is 2. The number of nitrogens with zero attached hydrogens (tertiary/aromatic N) is 1. The van der Waals surface area contributed by atoms with Crippen LogP contribution in [0.3, 0.4) is 0 Å². The number of amides is 2. The summed E-state index contributed by atoms with van der Waals surface area (Å²) in [5.74, 6) is 0.922. The van der Waals surface area contributed by atoms with Gasteiger partial charge in [0.05, 0.1) is 12.1 Å². The molecule has 5 heteroatoms. The lowest BCUT2D eigenvalue weighted by molar-refractivity contribution is -0.123. The Morgan fingerprint density at radius 2 is 1.74 bits per heavy atom. The van der Waals surface area contributed by atoms with Crippen molar-refractivity contribution >= 4 is 17.5 Å². The molecule has 4 atom stereocenters. The first-order valence-corrected chi connectivity index (χ1v) is 14.2. The smallest absolute Gasteiger partial charge is 0.237 e. The molecule has 1 aliphatic carbocycles. The second-order valence-electron chi connectivity index (χ2n) is 11.8. The number of carbonyl (C=O) groups excluding carboxylic acids is 2. The normalized spacial score (nSPS) is 20.8. The van der Waals surface area contributed by atoms with Crippen molar-refractivity contribution in [1.29, 1.82) is 0 Å². The molecule has 0 saturated carbocycles. The van der Waals surface area contributed by atoms with E-state index in [4.69, 9.17) is 5.73 Å². The molecule has 0 saturated heterocycles. The van der Waals surface area contributed by atoms with Crippen molar-refractivity contribution in [3.8, 4) is 0 Å². The number of carbonyl (C=O) groups is 2. The van der Waals surface area contributed by atoms with E-state index in [0.29, 0.717) is 31.2 Å². The molecule has 3 aromatic carbocycles. The fourth-order valence-corrected chi connectivity index (χ4v) is 6.82. The number of nitrogens with two attached hydrogens (primary N) is 1. The summed E-state index contributed by atoms with van der Waals surface area (Å²) in [5.41, 5.74) is 17.2. The van der Waals surface area contributed by atoms with Gasteiger partial charge in [0.1, 0.15) is 0 Å². The molecule has 3 N–H and O–H groups in total. The lowest BCUT2D eigenvalue weighted by Gasteiger charge is -2.35. The number of nitrogens with one attached hydrogen (secondary N) is 1. The quantitative estimate of drug-likeness (QED) is 0.441. The Hall–Kier alpha value is -3.44. The molecule has 2 amide bonds. The summed E-state index contributed by atoms with van der Waals surface area (Å²) in [5, 5.41) is 3.25. The van der Waals surface area contributed by atoms with E-state index in [-0.39, 0.29) is 17.9 Å². The molecule has 0 aromatic heterocycles. The molecule has 2 aliphatic rings. The molecule has 5 nitrogen and oxygen atoms in total. The molecule has 0 radical (unpaired) electrons. The van der Waals surface area contributed by atoms with Crippen LogP contribution in [-0.2, 0) is 28.9 Å². The first-order chi connectivity index (χ1) is 18.6. The van der Waals surface area contributed by atoms with Crippen molar-refractivity contribution in [3.05, 3.63) is 99.1 Å². The average molecular weight is 524 g/mol. The lowest BCUT2D eigenvalue weighted by atomic mass is 9.86. The van der Waals surface area contributed by atoms with Gasteiger partial charge in [-0.3, -0.25) is 9.59 Å². The average Bonchev–Trinajstić information content (AvgIpc) is 3.21. The number of hydrogen-bond donors (Lipinski definition) is 2. The molecule has 3 aromatic rings. The van der Waals surface area contributed by atoms with Crippen LogP contribution in [0.1, 0.15) is 76.7 Å². The second-order valence-corrected chi connectivity index (χ2v) is 11.8. The summed E-state index contributed by atoms with van der Waals surface area (Å²) < 4.78 is 0. The van der Waals surface area contributed by atoms with Crippen molar-refractivity contribution in [2.45, 2.75) is 78.3 Å². The minimum Gasteiger partial charge on any atom is -0.348 e. The van der Waals surface area contributed by atoms with E-state index in [9.17, 15) is 9.59 Å². The van der Waals surface area contributed by atoms with Crippen LogP contribution in [0.2, 0.25) is 0 Å². The van der Waals surface area contributed by atoms with Gasteiger partial charge in [-0.05, 0) is 103 Å². The first-order valence-electron chi connectivity index (χ1n) is 14.2. The largest absolute Gasteiger partial charge is 0.348 e. The maximum atomic E-state index is 13.3. The number of aryl methyl sites for hydroxylation is 3. The van der Waals surface area contributed by atoms with Crippen molar-refractivity contribution < 1.29 is 9.59 Å². The first kappa shape index (κ1) is 27.1. The predicted octanol–water partition coefficient (Wildman–Crippen LogP) is 5.61. The topological polar surface area (TPSA) is 75.4 Å². The molecule has 2 unspecified atom stereocenters. The van der Waals surface area contributed by atoms with Gasteiger partial charge in [0.2, 0.25) is 11.8 Å². The summed E-state index contributed by atoms with van der Waals surface area (Å²) in [6, 6.07) is 18.7. The molecule has 5 rings (SSSR count). The van der Waals surface area contributed by atoms with Gasteiger partial charge in [-0.2, -0.15) is 0 Å². The molecule has 0 fully saturated rings. The maximum absolute atomic E-state index is 13.3. The summed E-state index contributed by atoms with van der Waals surface area (Å²) in [6.45, 7) is 10.8. The Labute approximate surface area is 232 Å². The third kappa shape index (κ3) is 5.51.